The molecule has 1 heterocycles. The highest BCUT2D eigenvalue weighted by Gasteiger charge is 2.43. The van der Waals surface area contributed by atoms with Crippen molar-refractivity contribution >= 4 is 29.4 Å². The van der Waals surface area contributed by atoms with Gasteiger partial charge in [0.1, 0.15) is 6.04 Å². The van der Waals surface area contributed by atoms with Gasteiger partial charge in [-0.2, -0.15) is 5.26 Å². The van der Waals surface area contributed by atoms with Crippen molar-refractivity contribution in [3.05, 3.63) is 65.7 Å². The molecule has 170 valence electrons. The highest BCUT2D eigenvalue weighted by atomic mass is 16.5. The van der Waals surface area contributed by atoms with Crippen LogP contribution in [-0.2, 0) is 14.3 Å². The number of rotatable bonds is 9. The van der Waals surface area contributed by atoms with E-state index >= 15 is 0 Å². The molecule has 0 fully saturated rings. The first kappa shape index (κ1) is 23.7. The average molecular weight is 447 g/mol. The van der Waals surface area contributed by atoms with Crippen LogP contribution in [0.4, 0.5) is 5.69 Å². The Morgan fingerprint density at radius 2 is 1.58 bits per heavy atom. The summed E-state index contributed by atoms with van der Waals surface area (Å²) in [6.45, 7) is 3.30. The van der Waals surface area contributed by atoms with Crippen molar-refractivity contribution in [3.63, 3.8) is 0 Å². The Kier molecular flexibility index (Phi) is 7.57. The summed E-state index contributed by atoms with van der Waals surface area (Å²) in [5, 5.41) is 8.92. The SMILES string of the molecule is CC(C)CC(C(=O)OCC(=O)N(CCC#N)c1ccccc1)N1C(=O)c2ccccc2C1=O. The van der Waals surface area contributed by atoms with Gasteiger partial charge in [-0.3, -0.25) is 19.3 Å². The molecule has 1 aliphatic rings. The maximum Gasteiger partial charge on any atom is 0.329 e. The predicted octanol–water partition coefficient (Wildman–Crippen LogP) is 3.19. The van der Waals surface area contributed by atoms with E-state index < -0.39 is 36.3 Å². The fraction of sp³-hybridized carbons (Fsp3) is 0.320. The number of ether oxygens (including phenoxy) is 1. The Morgan fingerprint density at radius 3 is 2.12 bits per heavy atom. The molecule has 0 radical (unpaired) electrons. The smallest absolute Gasteiger partial charge is 0.329 e. The van der Waals surface area contributed by atoms with Crippen LogP contribution in [0.5, 0.6) is 0 Å². The second kappa shape index (κ2) is 10.6. The van der Waals surface area contributed by atoms with Gasteiger partial charge < -0.3 is 9.64 Å². The topological polar surface area (TPSA) is 108 Å². The van der Waals surface area contributed by atoms with E-state index in [1.165, 1.54) is 4.90 Å². The zero-order valence-electron chi connectivity index (χ0n) is 18.6. The predicted molar refractivity (Wildman–Crippen MR) is 120 cm³/mol. The molecule has 2 aromatic carbocycles. The second-order valence-corrected chi connectivity index (χ2v) is 8.07. The van der Waals surface area contributed by atoms with Crippen LogP contribution in [0.15, 0.2) is 54.6 Å². The minimum Gasteiger partial charge on any atom is -0.454 e. The number of imide groups is 1. The van der Waals surface area contributed by atoms with Crippen molar-refractivity contribution in [3.8, 4) is 6.07 Å². The summed E-state index contributed by atoms with van der Waals surface area (Å²) in [6, 6.07) is 16.0. The van der Waals surface area contributed by atoms with Crippen LogP contribution in [0, 0.1) is 17.2 Å². The van der Waals surface area contributed by atoms with Crippen molar-refractivity contribution in [2.24, 2.45) is 5.92 Å². The monoisotopic (exact) mass is 447 g/mol. The molecule has 0 N–H and O–H groups in total. The lowest BCUT2D eigenvalue weighted by Gasteiger charge is -2.27. The third-order valence-electron chi connectivity index (χ3n) is 5.26. The highest BCUT2D eigenvalue weighted by Crippen LogP contribution is 2.27. The Hall–Kier alpha value is -3.99. The number of carbonyl (C=O) groups is 4. The number of carbonyl (C=O) groups excluding carboxylic acids is 4. The van der Waals surface area contributed by atoms with Crippen LogP contribution in [0.1, 0.15) is 47.4 Å². The number of fused-ring (bicyclic) bond motifs is 1. The first-order valence-electron chi connectivity index (χ1n) is 10.7. The van der Waals surface area contributed by atoms with Gasteiger partial charge >= 0.3 is 5.97 Å². The van der Waals surface area contributed by atoms with E-state index in [9.17, 15) is 19.2 Å². The number of hydrogen-bond donors (Lipinski definition) is 0. The quantitative estimate of drug-likeness (QED) is 0.432. The van der Waals surface area contributed by atoms with Crippen LogP contribution in [0.25, 0.3) is 0 Å². The summed E-state index contributed by atoms with van der Waals surface area (Å²) >= 11 is 0. The molecule has 0 aliphatic carbocycles. The Labute approximate surface area is 192 Å². The molecule has 0 aromatic heterocycles. The molecule has 33 heavy (non-hydrogen) atoms. The number of esters is 1. The molecular weight excluding hydrogens is 422 g/mol. The van der Waals surface area contributed by atoms with Gasteiger partial charge in [0.15, 0.2) is 6.61 Å². The Bertz CT molecular complexity index is 1060. The van der Waals surface area contributed by atoms with Gasteiger partial charge in [0, 0.05) is 12.2 Å². The van der Waals surface area contributed by atoms with E-state index in [0.717, 1.165) is 4.90 Å². The summed E-state index contributed by atoms with van der Waals surface area (Å²) in [5.74, 6) is -2.44. The zero-order valence-corrected chi connectivity index (χ0v) is 18.6. The lowest BCUT2D eigenvalue weighted by molar-refractivity contribution is -0.152. The van der Waals surface area contributed by atoms with Gasteiger partial charge in [0.25, 0.3) is 17.7 Å². The van der Waals surface area contributed by atoms with E-state index in [0.29, 0.717) is 5.69 Å². The van der Waals surface area contributed by atoms with Crippen molar-refractivity contribution < 1.29 is 23.9 Å². The highest BCUT2D eigenvalue weighted by molar-refractivity contribution is 6.22. The molecule has 0 spiro atoms. The fourth-order valence-corrected chi connectivity index (χ4v) is 3.72. The number of anilines is 1. The van der Waals surface area contributed by atoms with Gasteiger partial charge in [-0.15, -0.1) is 0 Å². The Balaban J connectivity index is 1.75. The van der Waals surface area contributed by atoms with Crippen molar-refractivity contribution in [1.29, 1.82) is 5.26 Å². The zero-order chi connectivity index (χ0) is 24.0. The number of nitriles is 1. The molecule has 8 heteroatoms. The van der Waals surface area contributed by atoms with Gasteiger partial charge in [-0.1, -0.05) is 44.2 Å². The first-order valence-corrected chi connectivity index (χ1v) is 10.7. The number of amides is 3. The maximum atomic E-state index is 13.0. The molecule has 0 saturated heterocycles. The molecule has 1 atom stereocenters. The molecule has 3 rings (SSSR count). The van der Waals surface area contributed by atoms with Crippen LogP contribution < -0.4 is 4.90 Å². The summed E-state index contributed by atoms with van der Waals surface area (Å²) in [4.78, 5) is 53.9. The third kappa shape index (κ3) is 5.26. The average Bonchev–Trinajstić information content (AvgIpc) is 3.07. The maximum absolute atomic E-state index is 13.0. The molecule has 1 unspecified atom stereocenters. The minimum atomic E-state index is -1.14. The second-order valence-electron chi connectivity index (χ2n) is 8.07. The van der Waals surface area contributed by atoms with Gasteiger partial charge in [0.2, 0.25) is 0 Å². The van der Waals surface area contributed by atoms with Crippen molar-refractivity contribution in [2.45, 2.75) is 32.7 Å². The van der Waals surface area contributed by atoms with Crippen LogP contribution >= 0.6 is 0 Å². The van der Waals surface area contributed by atoms with Gasteiger partial charge in [-0.05, 0) is 36.6 Å². The summed E-state index contributed by atoms with van der Waals surface area (Å²) < 4.78 is 5.30. The van der Waals surface area contributed by atoms with Crippen LogP contribution in [-0.4, -0.2) is 47.8 Å². The van der Waals surface area contributed by atoms with E-state index in [1.54, 1.807) is 54.6 Å². The minimum absolute atomic E-state index is 0.0148. The standard InChI is InChI=1S/C25H25N3O5/c1-17(2)15-21(28-23(30)19-11-6-7-12-20(19)24(28)31)25(32)33-16-22(29)27(14-8-13-26)18-9-4-3-5-10-18/h3-7,9-12,17,21H,8,14-16H2,1-2H3. The van der Waals surface area contributed by atoms with E-state index in [1.807, 2.05) is 19.9 Å². The Morgan fingerprint density at radius 1 is 1.00 bits per heavy atom. The van der Waals surface area contributed by atoms with E-state index in [-0.39, 0.29) is 36.4 Å². The summed E-state index contributed by atoms with van der Waals surface area (Å²) in [5.41, 5.74) is 1.06. The lowest BCUT2D eigenvalue weighted by Crippen LogP contribution is -2.47. The van der Waals surface area contributed by atoms with Crippen molar-refractivity contribution in [1.82, 2.24) is 4.90 Å². The third-order valence-corrected chi connectivity index (χ3v) is 5.26. The molecule has 0 saturated carbocycles. The number of benzene rings is 2. The van der Waals surface area contributed by atoms with E-state index in [2.05, 4.69) is 0 Å². The van der Waals surface area contributed by atoms with Gasteiger partial charge in [-0.25, -0.2) is 4.79 Å². The normalized spacial score (nSPS) is 13.5. The lowest BCUT2D eigenvalue weighted by atomic mass is 10.0. The van der Waals surface area contributed by atoms with Gasteiger partial charge in [0.05, 0.1) is 23.6 Å². The molecule has 0 bridgehead atoms. The number of nitrogens with zero attached hydrogens (tertiary/aromatic N) is 3. The summed E-state index contributed by atoms with van der Waals surface area (Å²) in [6.07, 6.45) is 0.314. The number of para-hydroxylation sites is 1. The molecule has 3 amide bonds. The largest absolute Gasteiger partial charge is 0.454 e. The van der Waals surface area contributed by atoms with E-state index in [4.69, 9.17) is 10.00 Å². The molecule has 1 aliphatic heterocycles. The molecular formula is C25H25N3O5. The fourth-order valence-electron chi connectivity index (χ4n) is 3.72. The van der Waals surface area contributed by atoms with Crippen molar-refractivity contribution in [2.75, 3.05) is 18.1 Å². The van der Waals surface area contributed by atoms with Crippen LogP contribution in [0.3, 0.4) is 0 Å². The number of hydrogen-bond acceptors (Lipinski definition) is 6. The molecule has 2 aromatic rings. The van der Waals surface area contributed by atoms with Crippen LogP contribution in [0.2, 0.25) is 0 Å². The molecule has 8 nitrogen and oxygen atoms in total. The summed E-state index contributed by atoms with van der Waals surface area (Å²) in [7, 11) is 0. The first-order chi connectivity index (χ1) is 15.8.